The predicted molar refractivity (Wildman–Crippen MR) is 123 cm³/mol. The fraction of sp³-hybridized carbons (Fsp3) is 0.409. The Labute approximate surface area is 198 Å². The summed E-state index contributed by atoms with van der Waals surface area (Å²) in [7, 11) is 1.32. The van der Waals surface area contributed by atoms with Crippen LogP contribution >= 0.6 is 31.9 Å². The van der Waals surface area contributed by atoms with E-state index in [2.05, 4.69) is 41.6 Å². The van der Waals surface area contributed by atoms with Crippen molar-refractivity contribution in [2.75, 3.05) is 20.2 Å². The molecule has 0 aliphatic carbocycles. The maximum atomic E-state index is 13.4. The van der Waals surface area contributed by atoms with Crippen molar-refractivity contribution >= 4 is 49.6 Å². The lowest BCUT2D eigenvalue weighted by Crippen LogP contribution is -2.48. The molecule has 2 heterocycles. The Morgan fingerprint density at radius 2 is 1.81 bits per heavy atom. The van der Waals surface area contributed by atoms with Crippen LogP contribution in [0, 0.1) is 0 Å². The van der Waals surface area contributed by atoms with Gasteiger partial charge >= 0.3 is 5.97 Å². The highest BCUT2D eigenvalue weighted by atomic mass is 79.9. The first-order chi connectivity index (χ1) is 14.9. The number of methoxy groups -OCH3 is 1. The Bertz CT molecular complexity index is 905. The third kappa shape index (κ3) is 6.20. The lowest BCUT2D eigenvalue weighted by Gasteiger charge is -2.38. The van der Waals surface area contributed by atoms with E-state index in [1.54, 1.807) is 11.0 Å². The largest absolute Gasteiger partial charge is 0.469 e. The van der Waals surface area contributed by atoms with Crippen LogP contribution in [0.5, 0.6) is 0 Å². The fourth-order valence-corrected chi connectivity index (χ4v) is 4.37. The number of halogens is 2. The van der Waals surface area contributed by atoms with Crippen LogP contribution in [0.25, 0.3) is 0 Å². The number of aromatic amines is 1. The number of amides is 2. The second-order valence-electron chi connectivity index (χ2n) is 7.45. The number of nitrogens with one attached hydrogen (secondary N) is 1. The molecule has 0 bridgehead atoms. The highest BCUT2D eigenvalue weighted by Crippen LogP contribution is 2.27. The number of ether oxygens (including phenoxy) is 1. The van der Waals surface area contributed by atoms with Crippen molar-refractivity contribution in [2.45, 2.75) is 38.3 Å². The lowest BCUT2D eigenvalue weighted by molar-refractivity contribution is -0.144. The van der Waals surface area contributed by atoms with Crippen LogP contribution in [0.15, 0.2) is 45.5 Å². The number of likely N-dealkylation sites (tertiary alicyclic amines) is 1. The minimum Gasteiger partial charge on any atom is -0.469 e. The minimum absolute atomic E-state index is 0.0122. The monoisotopic (exact) mass is 553 g/mol. The van der Waals surface area contributed by atoms with Crippen LogP contribution in [0.4, 0.5) is 0 Å². The Kier molecular flexibility index (Phi) is 8.31. The molecule has 2 amide bonds. The van der Waals surface area contributed by atoms with Crippen LogP contribution in [0.1, 0.15) is 41.7 Å². The maximum Gasteiger partial charge on any atom is 0.306 e. The van der Waals surface area contributed by atoms with Crippen molar-refractivity contribution in [3.05, 3.63) is 56.7 Å². The Balaban J connectivity index is 1.69. The van der Waals surface area contributed by atoms with Gasteiger partial charge < -0.3 is 19.5 Å². The number of benzene rings is 1. The molecular formula is C22H25Br2N3O4. The number of hydrogen-bond donors (Lipinski definition) is 1. The van der Waals surface area contributed by atoms with Gasteiger partial charge in [0.05, 0.1) is 22.6 Å². The van der Waals surface area contributed by atoms with E-state index in [1.165, 1.54) is 7.11 Å². The fourth-order valence-electron chi connectivity index (χ4n) is 3.72. The van der Waals surface area contributed by atoms with Gasteiger partial charge in [0.25, 0.3) is 5.91 Å². The summed E-state index contributed by atoms with van der Waals surface area (Å²) in [5, 5.41) is 0. The second-order valence-corrected chi connectivity index (χ2v) is 9.10. The summed E-state index contributed by atoms with van der Waals surface area (Å²) < 4.78 is 6.12. The van der Waals surface area contributed by atoms with Crippen LogP contribution in [-0.2, 0) is 20.9 Å². The number of H-pyrrole nitrogens is 1. The summed E-state index contributed by atoms with van der Waals surface area (Å²) in [5.74, 6) is -0.515. The molecule has 7 nitrogen and oxygen atoms in total. The SMILES string of the molecule is COC(=O)CCC(=O)N1CCC(N(Cc2ccccc2)C(=O)c2cc(Br)c(Br)[nH]2)CC1. The summed E-state index contributed by atoms with van der Waals surface area (Å²) >= 11 is 6.82. The van der Waals surface area contributed by atoms with Crippen molar-refractivity contribution < 1.29 is 19.1 Å². The van der Waals surface area contributed by atoms with Crippen LogP contribution in [0.2, 0.25) is 0 Å². The summed E-state index contributed by atoms with van der Waals surface area (Å²) in [6.45, 7) is 1.61. The molecule has 1 fully saturated rings. The molecular weight excluding hydrogens is 530 g/mol. The topological polar surface area (TPSA) is 82.7 Å². The lowest BCUT2D eigenvalue weighted by atomic mass is 10.0. The quantitative estimate of drug-likeness (QED) is 0.522. The van der Waals surface area contributed by atoms with Crippen molar-refractivity contribution in [1.82, 2.24) is 14.8 Å². The van der Waals surface area contributed by atoms with Gasteiger partial charge in [-0.15, -0.1) is 0 Å². The van der Waals surface area contributed by atoms with Gasteiger partial charge in [0.15, 0.2) is 0 Å². The number of aromatic nitrogens is 1. The van der Waals surface area contributed by atoms with Crippen LogP contribution < -0.4 is 0 Å². The third-order valence-corrected chi connectivity index (χ3v) is 7.22. The summed E-state index contributed by atoms with van der Waals surface area (Å²) in [4.78, 5) is 43.8. The van der Waals surface area contributed by atoms with Crippen molar-refractivity contribution in [3.8, 4) is 0 Å². The smallest absolute Gasteiger partial charge is 0.306 e. The molecule has 3 rings (SSSR count). The van der Waals surface area contributed by atoms with Gasteiger partial charge in [-0.3, -0.25) is 14.4 Å². The van der Waals surface area contributed by atoms with Gasteiger partial charge in [0.1, 0.15) is 5.69 Å². The van der Waals surface area contributed by atoms with Gasteiger partial charge in [-0.05, 0) is 56.3 Å². The van der Waals surface area contributed by atoms with Gasteiger partial charge in [0, 0.05) is 32.1 Å². The normalized spacial score (nSPS) is 14.4. The molecule has 31 heavy (non-hydrogen) atoms. The van der Waals surface area contributed by atoms with Gasteiger partial charge in [-0.1, -0.05) is 30.3 Å². The van der Waals surface area contributed by atoms with E-state index in [-0.39, 0.29) is 36.7 Å². The molecule has 9 heteroatoms. The summed E-state index contributed by atoms with van der Waals surface area (Å²) in [5.41, 5.74) is 1.56. The first-order valence-corrected chi connectivity index (χ1v) is 11.7. The van der Waals surface area contributed by atoms with E-state index in [1.807, 2.05) is 35.2 Å². The molecule has 0 unspecified atom stereocenters. The molecule has 0 spiro atoms. The molecule has 0 atom stereocenters. The molecule has 1 saturated heterocycles. The Morgan fingerprint density at radius 3 is 2.39 bits per heavy atom. The first-order valence-electron chi connectivity index (χ1n) is 10.1. The zero-order chi connectivity index (χ0) is 22.4. The molecule has 0 saturated carbocycles. The molecule has 1 N–H and O–H groups in total. The molecule has 2 aromatic rings. The molecule has 1 aliphatic heterocycles. The number of esters is 1. The minimum atomic E-state index is -0.383. The van der Waals surface area contributed by atoms with Crippen molar-refractivity contribution in [2.24, 2.45) is 0 Å². The standard InChI is InChI=1S/C22H25Br2N3O4/c1-31-20(29)8-7-19(28)26-11-9-16(10-12-26)27(14-15-5-3-2-4-6-15)22(30)18-13-17(23)21(24)25-18/h2-6,13,16,25H,7-12,14H2,1H3. The van der Waals surface area contributed by atoms with E-state index >= 15 is 0 Å². The zero-order valence-corrected chi connectivity index (χ0v) is 20.4. The molecule has 1 aliphatic rings. The van der Waals surface area contributed by atoms with E-state index in [0.717, 1.165) is 14.6 Å². The Morgan fingerprint density at radius 1 is 1.13 bits per heavy atom. The molecule has 166 valence electrons. The first kappa shape index (κ1) is 23.5. The van der Waals surface area contributed by atoms with E-state index in [4.69, 9.17) is 0 Å². The van der Waals surface area contributed by atoms with E-state index in [9.17, 15) is 14.4 Å². The van der Waals surface area contributed by atoms with E-state index < -0.39 is 0 Å². The van der Waals surface area contributed by atoms with Gasteiger partial charge in [-0.2, -0.15) is 0 Å². The summed E-state index contributed by atoms with van der Waals surface area (Å²) in [6.07, 6.45) is 1.61. The summed E-state index contributed by atoms with van der Waals surface area (Å²) in [6, 6.07) is 11.7. The maximum absolute atomic E-state index is 13.4. The highest BCUT2D eigenvalue weighted by Gasteiger charge is 2.31. The number of carbonyl (C=O) groups excluding carboxylic acids is 3. The number of piperidine rings is 1. The number of nitrogens with zero attached hydrogens (tertiary/aromatic N) is 2. The molecule has 0 radical (unpaired) electrons. The predicted octanol–water partition coefficient (Wildman–Crippen LogP) is 4.13. The molecule has 1 aromatic carbocycles. The average Bonchev–Trinajstić information content (AvgIpc) is 3.14. The Hall–Kier alpha value is -2.13. The zero-order valence-electron chi connectivity index (χ0n) is 17.3. The van der Waals surface area contributed by atoms with Crippen LogP contribution in [-0.4, -0.2) is 58.8 Å². The average molecular weight is 555 g/mol. The second kappa shape index (κ2) is 10.9. The van der Waals surface area contributed by atoms with Crippen LogP contribution in [0.3, 0.4) is 0 Å². The van der Waals surface area contributed by atoms with Crippen molar-refractivity contribution in [1.29, 1.82) is 0 Å². The number of hydrogen-bond acceptors (Lipinski definition) is 4. The molecule has 1 aromatic heterocycles. The van der Waals surface area contributed by atoms with Gasteiger partial charge in [0.2, 0.25) is 5.91 Å². The third-order valence-electron chi connectivity index (χ3n) is 5.44. The number of carbonyl (C=O) groups is 3. The van der Waals surface area contributed by atoms with E-state index in [0.29, 0.717) is 38.2 Å². The van der Waals surface area contributed by atoms with Gasteiger partial charge in [-0.25, -0.2) is 0 Å². The van der Waals surface area contributed by atoms with Crippen molar-refractivity contribution in [3.63, 3.8) is 0 Å². The highest BCUT2D eigenvalue weighted by molar-refractivity contribution is 9.13. The number of rotatable bonds is 7.